The second-order valence-electron chi connectivity index (χ2n) is 6.07. The van der Waals surface area contributed by atoms with Gasteiger partial charge in [0.15, 0.2) is 0 Å². The summed E-state index contributed by atoms with van der Waals surface area (Å²) >= 11 is 0. The molecule has 7 heteroatoms. The number of carbonyl (C=O) groups is 1. The van der Waals surface area contributed by atoms with Gasteiger partial charge in [-0.1, -0.05) is 17.3 Å². The minimum Gasteiger partial charge on any atom is -0.496 e. The summed E-state index contributed by atoms with van der Waals surface area (Å²) in [5.41, 5.74) is 1.51. The fourth-order valence-corrected chi connectivity index (χ4v) is 2.72. The van der Waals surface area contributed by atoms with Crippen molar-refractivity contribution >= 4 is 11.6 Å². The van der Waals surface area contributed by atoms with Crippen molar-refractivity contribution in [3.05, 3.63) is 54.4 Å². The molecule has 0 radical (unpaired) electrons. The lowest BCUT2D eigenvalue weighted by atomic mass is 10.2. The Kier molecular flexibility index (Phi) is 6.62. The SMILES string of the molecule is CCOc1ccc(NC(=O)CCCc2nc(-c3ccccc3OC)no2)cc1. The highest BCUT2D eigenvalue weighted by Crippen LogP contribution is 2.27. The number of rotatable bonds is 9. The molecule has 0 spiro atoms. The Morgan fingerprint density at radius 2 is 1.93 bits per heavy atom. The number of ether oxygens (including phenoxy) is 2. The van der Waals surface area contributed by atoms with Crippen molar-refractivity contribution in [2.45, 2.75) is 26.2 Å². The highest BCUT2D eigenvalue weighted by Gasteiger charge is 2.13. The van der Waals surface area contributed by atoms with Crippen molar-refractivity contribution in [3.8, 4) is 22.9 Å². The number of carbonyl (C=O) groups excluding carboxylic acids is 1. The van der Waals surface area contributed by atoms with E-state index >= 15 is 0 Å². The summed E-state index contributed by atoms with van der Waals surface area (Å²) in [6.45, 7) is 2.54. The quantitative estimate of drug-likeness (QED) is 0.600. The molecule has 0 aliphatic carbocycles. The maximum Gasteiger partial charge on any atom is 0.226 e. The molecule has 0 unspecified atom stereocenters. The van der Waals surface area contributed by atoms with E-state index in [1.807, 2.05) is 55.5 Å². The monoisotopic (exact) mass is 381 g/mol. The van der Waals surface area contributed by atoms with Crippen LogP contribution < -0.4 is 14.8 Å². The third-order valence-electron chi connectivity index (χ3n) is 4.06. The standard InChI is InChI=1S/C21H23N3O4/c1-3-27-16-13-11-15(12-14-16)22-19(25)9-6-10-20-23-21(24-28-20)17-7-4-5-8-18(17)26-2/h4-5,7-8,11-14H,3,6,9-10H2,1-2H3,(H,22,25). The number of hydrogen-bond acceptors (Lipinski definition) is 6. The lowest BCUT2D eigenvalue weighted by Crippen LogP contribution is -2.11. The van der Waals surface area contributed by atoms with E-state index < -0.39 is 0 Å². The summed E-state index contributed by atoms with van der Waals surface area (Å²) in [6.07, 6.45) is 1.49. The van der Waals surface area contributed by atoms with Gasteiger partial charge >= 0.3 is 0 Å². The molecular weight excluding hydrogens is 358 g/mol. The van der Waals surface area contributed by atoms with E-state index in [2.05, 4.69) is 15.5 Å². The van der Waals surface area contributed by atoms with Crippen LogP contribution >= 0.6 is 0 Å². The fraction of sp³-hybridized carbons (Fsp3) is 0.286. The summed E-state index contributed by atoms with van der Waals surface area (Å²) in [5, 5.41) is 6.87. The molecule has 0 atom stereocenters. The maximum atomic E-state index is 12.1. The van der Waals surface area contributed by atoms with E-state index in [0.717, 1.165) is 17.0 Å². The minimum atomic E-state index is -0.0615. The normalized spacial score (nSPS) is 10.5. The average molecular weight is 381 g/mol. The van der Waals surface area contributed by atoms with E-state index in [1.165, 1.54) is 0 Å². The second kappa shape index (κ2) is 9.55. The smallest absolute Gasteiger partial charge is 0.226 e. The first-order valence-corrected chi connectivity index (χ1v) is 9.18. The largest absolute Gasteiger partial charge is 0.496 e. The summed E-state index contributed by atoms with van der Waals surface area (Å²) in [5.74, 6) is 2.38. The van der Waals surface area contributed by atoms with Gasteiger partial charge in [0, 0.05) is 18.5 Å². The van der Waals surface area contributed by atoms with E-state index in [9.17, 15) is 4.79 Å². The Morgan fingerprint density at radius 1 is 1.14 bits per heavy atom. The van der Waals surface area contributed by atoms with Gasteiger partial charge in [-0.3, -0.25) is 4.79 Å². The fourth-order valence-electron chi connectivity index (χ4n) is 2.72. The number of amides is 1. The van der Waals surface area contributed by atoms with E-state index in [1.54, 1.807) is 7.11 Å². The lowest BCUT2D eigenvalue weighted by Gasteiger charge is -2.06. The minimum absolute atomic E-state index is 0.0615. The van der Waals surface area contributed by atoms with Gasteiger partial charge in [-0.2, -0.15) is 4.98 Å². The zero-order chi connectivity index (χ0) is 19.8. The maximum absolute atomic E-state index is 12.1. The van der Waals surface area contributed by atoms with Gasteiger partial charge in [-0.05, 0) is 49.7 Å². The number of nitrogens with zero attached hydrogens (tertiary/aromatic N) is 2. The summed E-state index contributed by atoms with van der Waals surface area (Å²) < 4.78 is 16.0. The topological polar surface area (TPSA) is 86.5 Å². The van der Waals surface area contributed by atoms with Gasteiger partial charge in [-0.25, -0.2) is 0 Å². The Morgan fingerprint density at radius 3 is 2.68 bits per heavy atom. The molecule has 0 saturated heterocycles. The number of aryl methyl sites for hydroxylation is 1. The van der Waals surface area contributed by atoms with Gasteiger partial charge < -0.3 is 19.3 Å². The molecule has 7 nitrogen and oxygen atoms in total. The number of para-hydroxylation sites is 1. The zero-order valence-corrected chi connectivity index (χ0v) is 16.0. The third-order valence-corrected chi connectivity index (χ3v) is 4.06. The van der Waals surface area contributed by atoms with Crippen molar-refractivity contribution in [3.63, 3.8) is 0 Å². The summed E-state index contributed by atoms with van der Waals surface area (Å²) in [6, 6.07) is 14.8. The van der Waals surface area contributed by atoms with Crippen LogP contribution in [0.3, 0.4) is 0 Å². The molecular formula is C21H23N3O4. The number of hydrogen-bond donors (Lipinski definition) is 1. The molecule has 0 bridgehead atoms. The third kappa shape index (κ3) is 5.09. The van der Waals surface area contributed by atoms with Crippen LogP contribution in [0.4, 0.5) is 5.69 Å². The molecule has 1 heterocycles. The first-order chi connectivity index (χ1) is 13.7. The van der Waals surface area contributed by atoms with Gasteiger partial charge in [-0.15, -0.1) is 0 Å². The lowest BCUT2D eigenvalue weighted by molar-refractivity contribution is -0.116. The Bertz CT molecular complexity index is 906. The predicted molar refractivity (Wildman–Crippen MR) is 105 cm³/mol. The van der Waals surface area contributed by atoms with Gasteiger partial charge in [0.2, 0.25) is 17.6 Å². The first-order valence-electron chi connectivity index (χ1n) is 9.18. The molecule has 0 aliphatic heterocycles. The molecule has 3 rings (SSSR count). The van der Waals surface area contributed by atoms with Crippen LogP contribution in [0.5, 0.6) is 11.5 Å². The average Bonchev–Trinajstić information content (AvgIpc) is 3.18. The van der Waals surface area contributed by atoms with Crippen LogP contribution in [0.2, 0.25) is 0 Å². The van der Waals surface area contributed by atoms with Crippen LogP contribution in [0.1, 0.15) is 25.7 Å². The van der Waals surface area contributed by atoms with E-state index in [-0.39, 0.29) is 5.91 Å². The predicted octanol–water partition coefficient (Wildman–Crippen LogP) is 4.11. The second-order valence-corrected chi connectivity index (χ2v) is 6.07. The van der Waals surface area contributed by atoms with Gasteiger partial charge in [0.05, 0.1) is 19.3 Å². The van der Waals surface area contributed by atoms with Crippen molar-refractivity contribution in [1.82, 2.24) is 10.1 Å². The number of aromatic nitrogens is 2. The van der Waals surface area contributed by atoms with Crippen LogP contribution in [0.15, 0.2) is 53.1 Å². The van der Waals surface area contributed by atoms with Crippen molar-refractivity contribution < 1.29 is 18.8 Å². The zero-order valence-electron chi connectivity index (χ0n) is 16.0. The molecule has 3 aromatic rings. The van der Waals surface area contributed by atoms with Crippen molar-refractivity contribution in [1.29, 1.82) is 0 Å². The van der Waals surface area contributed by atoms with Crippen molar-refractivity contribution in [2.75, 3.05) is 19.0 Å². The first kappa shape index (κ1) is 19.4. The number of benzene rings is 2. The van der Waals surface area contributed by atoms with Gasteiger partial charge in [0.25, 0.3) is 0 Å². The molecule has 0 saturated carbocycles. The van der Waals surface area contributed by atoms with Crippen LogP contribution in [0.25, 0.3) is 11.4 Å². The molecule has 0 aliphatic rings. The molecule has 1 amide bonds. The molecule has 28 heavy (non-hydrogen) atoms. The highest BCUT2D eigenvalue weighted by molar-refractivity contribution is 5.90. The number of nitrogens with one attached hydrogen (secondary N) is 1. The summed E-state index contributed by atoms with van der Waals surface area (Å²) in [4.78, 5) is 16.5. The van der Waals surface area contributed by atoms with Crippen molar-refractivity contribution in [2.24, 2.45) is 0 Å². The number of methoxy groups -OCH3 is 1. The summed E-state index contributed by atoms with van der Waals surface area (Å²) in [7, 11) is 1.60. The van der Waals surface area contributed by atoms with E-state index in [0.29, 0.717) is 43.3 Å². The van der Waals surface area contributed by atoms with Crippen LogP contribution in [-0.2, 0) is 11.2 Å². The molecule has 1 N–H and O–H groups in total. The van der Waals surface area contributed by atoms with E-state index in [4.69, 9.17) is 14.0 Å². The highest BCUT2D eigenvalue weighted by atomic mass is 16.5. The van der Waals surface area contributed by atoms with Crippen LogP contribution in [-0.4, -0.2) is 29.8 Å². The van der Waals surface area contributed by atoms with Crippen LogP contribution in [0, 0.1) is 0 Å². The number of anilines is 1. The molecule has 1 aromatic heterocycles. The Balaban J connectivity index is 1.48. The Hall–Kier alpha value is -3.35. The molecule has 0 fully saturated rings. The Labute approximate surface area is 163 Å². The van der Waals surface area contributed by atoms with Gasteiger partial charge in [0.1, 0.15) is 11.5 Å². The molecule has 2 aromatic carbocycles. The molecule has 146 valence electrons.